The monoisotopic (exact) mass is 327 g/mol. The maximum atomic E-state index is 13.5. The highest BCUT2D eigenvalue weighted by Gasteiger charge is 2.12. The number of ether oxygens (including phenoxy) is 1. The van der Waals surface area contributed by atoms with Gasteiger partial charge in [0.1, 0.15) is 17.3 Å². The van der Waals surface area contributed by atoms with Crippen LogP contribution in [0, 0.1) is 5.82 Å². The summed E-state index contributed by atoms with van der Waals surface area (Å²) in [6.07, 6.45) is 2.33. The number of nitrogens with one attached hydrogen (secondary N) is 1. The molecular weight excluding hydrogens is 305 g/mol. The van der Waals surface area contributed by atoms with Gasteiger partial charge in [-0.15, -0.1) is 6.58 Å². The molecule has 1 atom stereocenters. The third-order valence-electron chi connectivity index (χ3n) is 3.78. The maximum Gasteiger partial charge on any atom is 0.126 e. The number of hydrogen-bond acceptors (Lipinski definition) is 3. The van der Waals surface area contributed by atoms with E-state index in [0.29, 0.717) is 24.3 Å². The number of benzene rings is 2. The average molecular weight is 327 g/mol. The fraction of sp³-hybridized carbons (Fsp3) is 0.200. The Hall–Kier alpha value is -2.59. The van der Waals surface area contributed by atoms with Crippen molar-refractivity contribution in [3.05, 3.63) is 78.8 Å². The molecule has 2 aromatic carbocycles. The third kappa shape index (κ3) is 4.46. The van der Waals surface area contributed by atoms with Crippen LogP contribution in [0.5, 0.6) is 5.75 Å². The summed E-state index contributed by atoms with van der Waals surface area (Å²) in [5, 5.41) is 12.8. The highest BCUT2D eigenvalue weighted by molar-refractivity contribution is 5.70. The Morgan fingerprint density at radius 1 is 1.29 bits per heavy atom. The molecule has 1 unspecified atom stereocenters. The summed E-state index contributed by atoms with van der Waals surface area (Å²) in [5.41, 5.74) is 2.61. The van der Waals surface area contributed by atoms with E-state index in [1.54, 1.807) is 19.3 Å². The molecule has 0 fully saturated rings. The maximum absolute atomic E-state index is 13.5. The number of methoxy groups -OCH3 is 1. The lowest BCUT2D eigenvalue weighted by Gasteiger charge is -2.17. The lowest BCUT2D eigenvalue weighted by molar-refractivity contribution is 0.345. The van der Waals surface area contributed by atoms with Crippen molar-refractivity contribution in [2.45, 2.75) is 12.5 Å². The van der Waals surface area contributed by atoms with Crippen LogP contribution < -0.4 is 10.1 Å². The first-order chi connectivity index (χ1) is 11.5. The molecule has 2 aromatic rings. The van der Waals surface area contributed by atoms with Crippen LogP contribution in [0.2, 0.25) is 0 Å². The zero-order chi connectivity index (χ0) is 17.5. The van der Waals surface area contributed by atoms with Gasteiger partial charge in [0, 0.05) is 12.1 Å². The molecule has 2 N–H and O–H groups in total. The number of rotatable bonds is 8. The van der Waals surface area contributed by atoms with E-state index in [2.05, 4.69) is 18.5 Å². The van der Waals surface area contributed by atoms with E-state index < -0.39 is 0 Å². The molecule has 2 rings (SSSR count). The molecule has 0 aliphatic rings. The first-order valence-electron chi connectivity index (χ1n) is 7.70. The minimum Gasteiger partial charge on any atom is -0.511 e. The largest absolute Gasteiger partial charge is 0.511 e. The van der Waals surface area contributed by atoms with Gasteiger partial charge in [-0.3, -0.25) is 0 Å². The summed E-state index contributed by atoms with van der Waals surface area (Å²) in [7, 11) is 1.56. The quantitative estimate of drug-likeness (QED) is 0.562. The summed E-state index contributed by atoms with van der Waals surface area (Å²) >= 11 is 0. The van der Waals surface area contributed by atoms with Crippen LogP contribution in [-0.2, 0) is 6.42 Å². The molecular formula is C20H22FNO2. The topological polar surface area (TPSA) is 41.5 Å². The molecule has 0 heterocycles. The van der Waals surface area contributed by atoms with Gasteiger partial charge < -0.3 is 15.2 Å². The fourth-order valence-corrected chi connectivity index (χ4v) is 2.50. The molecule has 0 saturated carbocycles. The van der Waals surface area contributed by atoms with Crippen LogP contribution in [0.15, 0.2) is 67.5 Å². The van der Waals surface area contributed by atoms with Crippen LogP contribution in [0.1, 0.15) is 5.56 Å². The van der Waals surface area contributed by atoms with E-state index in [4.69, 9.17) is 4.74 Å². The van der Waals surface area contributed by atoms with E-state index in [1.165, 1.54) is 12.1 Å². The summed E-state index contributed by atoms with van der Waals surface area (Å²) in [5.74, 6) is 0.409. The number of hydrogen-bond donors (Lipinski definition) is 2. The van der Waals surface area contributed by atoms with Crippen LogP contribution >= 0.6 is 0 Å². The molecule has 0 saturated heterocycles. The minimum absolute atomic E-state index is 0.0905. The second kappa shape index (κ2) is 8.31. The molecule has 0 aliphatic heterocycles. The molecule has 0 amide bonds. The average Bonchev–Trinajstić information content (AvgIpc) is 2.59. The van der Waals surface area contributed by atoms with Crippen molar-refractivity contribution in [1.29, 1.82) is 0 Å². The van der Waals surface area contributed by atoms with Crippen molar-refractivity contribution in [3.63, 3.8) is 0 Å². The molecule has 0 aromatic heterocycles. The Kier molecular flexibility index (Phi) is 6.15. The van der Waals surface area contributed by atoms with Crippen molar-refractivity contribution >= 4 is 0 Å². The van der Waals surface area contributed by atoms with Crippen molar-refractivity contribution < 1.29 is 14.2 Å². The van der Waals surface area contributed by atoms with Gasteiger partial charge in [0.05, 0.1) is 13.2 Å². The van der Waals surface area contributed by atoms with Crippen molar-refractivity contribution in [2.75, 3.05) is 13.7 Å². The van der Waals surface area contributed by atoms with Crippen molar-refractivity contribution in [2.24, 2.45) is 0 Å². The first-order valence-corrected chi connectivity index (χ1v) is 7.70. The number of aliphatic hydroxyl groups is 1. The molecule has 0 aliphatic carbocycles. The van der Waals surface area contributed by atoms with Crippen LogP contribution in [-0.4, -0.2) is 24.8 Å². The zero-order valence-corrected chi connectivity index (χ0v) is 13.8. The first kappa shape index (κ1) is 17.8. The Labute approximate surface area is 142 Å². The Bertz CT molecular complexity index is 710. The summed E-state index contributed by atoms with van der Waals surface area (Å²) in [4.78, 5) is 0. The Balaban J connectivity index is 2.20. The number of aliphatic hydroxyl groups excluding tert-OH is 1. The molecule has 126 valence electrons. The fourth-order valence-electron chi connectivity index (χ4n) is 2.50. The van der Waals surface area contributed by atoms with Gasteiger partial charge in [-0.05, 0) is 35.7 Å². The predicted molar refractivity (Wildman–Crippen MR) is 95.8 cm³/mol. The lowest BCUT2D eigenvalue weighted by atomic mass is 9.99. The normalized spacial score (nSPS) is 11.8. The van der Waals surface area contributed by atoms with E-state index in [9.17, 15) is 9.50 Å². The summed E-state index contributed by atoms with van der Waals surface area (Å²) in [6, 6.07) is 11.9. The standard InChI is InChI=1S/C20H22FNO2/c1-4-11-22-19(14(2)23)12-15-5-7-16(8-6-15)18-13-17(21)9-10-20(18)24-3/h4-10,13,19,22-23H,1-2,11-12H2,3H3. The Morgan fingerprint density at radius 3 is 2.58 bits per heavy atom. The summed E-state index contributed by atoms with van der Waals surface area (Å²) < 4.78 is 18.8. The van der Waals surface area contributed by atoms with Crippen molar-refractivity contribution in [1.82, 2.24) is 5.32 Å². The molecule has 0 radical (unpaired) electrons. The van der Waals surface area contributed by atoms with Gasteiger partial charge in [0.25, 0.3) is 0 Å². The van der Waals surface area contributed by atoms with E-state index in [1.807, 2.05) is 24.3 Å². The van der Waals surface area contributed by atoms with Gasteiger partial charge >= 0.3 is 0 Å². The van der Waals surface area contributed by atoms with E-state index in [0.717, 1.165) is 11.1 Å². The van der Waals surface area contributed by atoms with Gasteiger partial charge in [-0.25, -0.2) is 4.39 Å². The van der Waals surface area contributed by atoms with Gasteiger partial charge in [-0.2, -0.15) is 0 Å². The minimum atomic E-state index is -0.305. The smallest absolute Gasteiger partial charge is 0.126 e. The molecule has 3 nitrogen and oxygen atoms in total. The SMILES string of the molecule is C=CCNC(Cc1ccc(-c2cc(F)ccc2OC)cc1)C(=C)O. The highest BCUT2D eigenvalue weighted by Crippen LogP contribution is 2.30. The summed E-state index contributed by atoms with van der Waals surface area (Å²) in [6.45, 7) is 7.84. The lowest BCUT2D eigenvalue weighted by Crippen LogP contribution is -2.32. The third-order valence-corrected chi connectivity index (χ3v) is 3.78. The van der Waals surface area contributed by atoms with E-state index >= 15 is 0 Å². The molecule has 0 bridgehead atoms. The van der Waals surface area contributed by atoms with Gasteiger partial charge in [0.2, 0.25) is 0 Å². The molecule has 24 heavy (non-hydrogen) atoms. The predicted octanol–water partition coefficient (Wildman–Crippen LogP) is 4.26. The van der Waals surface area contributed by atoms with E-state index in [-0.39, 0.29) is 17.6 Å². The highest BCUT2D eigenvalue weighted by atomic mass is 19.1. The van der Waals surface area contributed by atoms with Crippen LogP contribution in [0.25, 0.3) is 11.1 Å². The molecule has 0 spiro atoms. The van der Waals surface area contributed by atoms with Crippen molar-refractivity contribution in [3.8, 4) is 16.9 Å². The second-order valence-corrected chi connectivity index (χ2v) is 5.49. The number of halogens is 1. The second-order valence-electron chi connectivity index (χ2n) is 5.49. The van der Waals surface area contributed by atoms with Crippen LogP contribution in [0.4, 0.5) is 4.39 Å². The zero-order valence-electron chi connectivity index (χ0n) is 13.8. The molecule has 4 heteroatoms. The van der Waals surface area contributed by atoms with Crippen LogP contribution in [0.3, 0.4) is 0 Å². The Morgan fingerprint density at radius 2 is 2.00 bits per heavy atom. The van der Waals surface area contributed by atoms with Gasteiger partial charge in [-0.1, -0.05) is 36.9 Å². The van der Waals surface area contributed by atoms with Gasteiger partial charge in [0.15, 0.2) is 0 Å².